The Morgan fingerprint density at radius 3 is 2.57 bits per heavy atom. The number of carbonyl (C=O) groups excluding carboxylic acids is 1. The summed E-state index contributed by atoms with van der Waals surface area (Å²) in [4.78, 5) is 11.5. The lowest BCUT2D eigenvalue weighted by atomic mass is 10.2. The summed E-state index contributed by atoms with van der Waals surface area (Å²) in [6.07, 6.45) is 1.53. The van der Waals surface area contributed by atoms with Crippen LogP contribution in [0.4, 0.5) is 0 Å². The summed E-state index contributed by atoms with van der Waals surface area (Å²) < 4.78 is 31.5. The zero-order valence-electron chi connectivity index (χ0n) is 12.2. The lowest BCUT2D eigenvalue weighted by Crippen LogP contribution is -2.26. The fourth-order valence-corrected chi connectivity index (χ4v) is 3.15. The molecule has 0 radical (unpaired) electrons. The van der Waals surface area contributed by atoms with Crippen LogP contribution in [-0.4, -0.2) is 25.6 Å². The monoisotopic (exact) mass is 307 g/mol. The molecule has 0 atom stereocenters. The predicted molar refractivity (Wildman–Crippen MR) is 78.5 cm³/mol. The lowest BCUT2D eigenvalue weighted by molar-refractivity contribution is 0.101. The first-order valence-corrected chi connectivity index (χ1v) is 7.86. The fourth-order valence-electron chi connectivity index (χ4n) is 1.96. The highest BCUT2D eigenvalue weighted by atomic mass is 32.2. The van der Waals surface area contributed by atoms with Crippen molar-refractivity contribution in [3.63, 3.8) is 0 Å². The quantitative estimate of drug-likeness (QED) is 0.796. The highest BCUT2D eigenvalue weighted by Gasteiger charge is 2.22. The van der Waals surface area contributed by atoms with Crippen molar-refractivity contribution in [1.82, 2.24) is 4.31 Å². The Balaban J connectivity index is 2.31. The predicted octanol–water partition coefficient (Wildman–Crippen LogP) is 2.61. The number of hydrogen-bond acceptors (Lipinski definition) is 4. The average Bonchev–Trinajstić information content (AvgIpc) is 2.84. The van der Waals surface area contributed by atoms with E-state index in [2.05, 4.69) is 0 Å². The minimum Gasteiger partial charge on any atom is -0.469 e. The van der Waals surface area contributed by atoms with Crippen LogP contribution in [0, 0.1) is 6.92 Å². The number of furan rings is 1. The highest BCUT2D eigenvalue weighted by molar-refractivity contribution is 7.89. The third-order valence-corrected chi connectivity index (χ3v) is 5.11. The van der Waals surface area contributed by atoms with Crippen LogP contribution in [0.2, 0.25) is 0 Å². The first-order chi connectivity index (χ1) is 9.82. The Morgan fingerprint density at radius 2 is 2.00 bits per heavy atom. The van der Waals surface area contributed by atoms with E-state index in [1.54, 1.807) is 25.1 Å². The molecule has 21 heavy (non-hydrogen) atoms. The van der Waals surface area contributed by atoms with Gasteiger partial charge in [0.05, 0.1) is 11.2 Å². The number of aryl methyl sites for hydroxylation is 1. The number of benzene rings is 1. The van der Waals surface area contributed by atoms with Crippen LogP contribution in [0.5, 0.6) is 0 Å². The molecular formula is C15H17NO4S. The van der Waals surface area contributed by atoms with Crippen molar-refractivity contribution in [2.24, 2.45) is 0 Å². The molecule has 0 N–H and O–H groups in total. The van der Waals surface area contributed by atoms with Gasteiger partial charge in [-0.05, 0) is 32.0 Å². The lowest BCUT2D eigenvalue weighted by Gasteiger charge is -2.17. The van der Waals surface area contributed by atoms with Gasteiger partial charge in [0.1, 0.15) is 5.76 Å². The summed E-state index contributed by atoms with van der Waals surface area (Å²) >= 11 is 0. The number of Topliss-reactive ketones (excluding diaryl/α,β-unsaturated/α-hetero) is 1. The zero-order chi connectivity index (χ0) is 15.6. The number of carbonyl (C=O) groups is 1. The molecule has 0 saturated carbocycles. The Bertz CT molecular complexity index is 761. The summed E-state index contributed by atoms with van der Waals surface area (Å²) in [5.74, 6) is 0.523. The molecule has 0 spiro atoms. The van der Waals surface area contributed by atoms with E-state index in [4.69, 9.17) is 4.42 Å². The van der Waals surface area contributed by atoms with Gasteiger partial charge in [0, 0.05) is 24.7 Å². The maximum atomic E-state index is 12.5. The Hall–Kier alpha value is -1.92. The molecule has 112 valence electrons. The Labute approximate surface area is 124 Å². The van der Waals surface area contributed by atoms with Crippen molar-refractivity contribution in [3.8, 4) is 0 Å². The highest BCUT2D eigenvalue weighted by Crippen LogP contribution is 2.20. The molecule has 6 heteroatoms. The van der Waals surface area contributed by atoms with Gasteiger partial charge in [-0.25, -0.2) is 8.42 Å². The van der Waals surface area contributed by atoms with Gasteiger partial charge in [0.15, 0.2) is 5.78 Å². The van der Waals surface area contributed by atoms with E-state index in [-0.39, 0.29) is 17.2 Å². The number of sulfonamides is 1. The van der Waals surface area contributed by atoms with Crippen molar-refractivity contribution >= 4 is 15.8 Å². The number of nitrogens with zero attached hydrogens (tertiary/aromatic N) is 1. The van der Waals surface area contributed by atoms with Crippen molar-refractivity contribution in [2.75, 3.05) is 7.05 Å². The van der Waals surface area contributed by atoms with Crippen LogP contribution in [0.15, 0.2) is 45.9 Å². The standard InChI is InChI=1S/C15H17NO4S/c1-11(17)13-5-4-6-15(9-13)21(18,19)16(3)10-14-7-8-20-12(14)2/h4-9H,10H2,1-3H3. The first-order valence-electron chi connectivity index (χ1n) is 6.42. The molecule has 5 nitrogen and oxygen atoms in total. The van der Waals surface area contributed by atoms with Crippen LogP contribution in [0.1, 0.15) is 28.6 Å². The van der Waals surface area contributed by atoms with E-state index >= 15 is 0 Å². The molecule has 1 heterocycles. The average molecular weight is 307 g/mol. The molecule has 0 unspecified atom stereocenters. The SMILES string of the molecule is CC(=O)c1cccc(S(=O)(=O)N(C)Cc2ccoc2C)c1. The molecule has 2 aromatic rings. The zero-order valence-corrected chi connectivity index (χ0v) is 13.0. The second kappa shape index (κ2) is 5.83. The van der Waals surface area contributed by atoms with E-state index in [1.165, 1.54) is 36.7 Å². The van der Waals surface area contributed by atoms with Crippen LogP contribution >= 0.6 is 0 Å². The van der Waals surface area contributed by atoms with Crippen molar-refractivity contribution in [1.29, 1.82) is 0 Å². The normalized spacial score (nSPS) is 11.8. The van der Waals surface area contributed by atoms with Gasteiger partial charge in [-0.2, -0.15) is 4.31 Å². The van der Waals surface area contributed by atoms with E-state index in [0.717, 1.165) is 5.56 Å². The number of ketones is 1. The minimum atomic E-state index is -3.65. The second-order valence-corrected chi connectivity index (χ2v) is 6.89. The number of rotatable bonds is 5. The number of hydrogen-bond donors (Lipinski definition) is 0. The summed E-state index contributed by atoms with van der Waals surface area (Å²) in [6.45, 7) is 3.41. The van der Waals surface area contributed by atoms with Crippen molar-refractivity contribution < 1.29 is 17.6 Å². The molecule has 1 aromatic carbocycles. The Morgan fingerprint density at radius 1 is 1.29 bits per heavy atom. The molecule has 0 aliphatic carbocycles. The first kappa shape index (κ1) is 15.5. The smallest absolute Gasteiger partial charge is 0.243 e. The molecular weight excluding hydrogens is 290 g/mol. The molecule has 1 aromatic heterocycles. The summed E-state index contributed by atoms with van der Waals surface area (Å²) in [5.41, 5.74) is 1.19. The minimum absolute atomic E-state index is 0.110. The van der Waals surface area contributed by atoms with E-state index < -0.39 is 10.0 Å². The maximum Gasteiger partial charge on any atom is 0.243 e. The van der Waals surface area contributed by atoms with Gasteiger partial charge in [0.2, 0.25) is 10.0 Å². The molecule has 0 fully saturated rings. The van der Waals surface area contributed by atoms with E-state index in [1.807, 2.05) is 0 Å². The third kappa shape index (κ3) is 3.22. The van der Waals surface area contributed by atoms with Gasteiger partial charge >= 0.3 is 0 Å². The molecule has 0 aliphatic rings. The summed E-state index contributed by atoms with van der Waals surface area (Å²) in [6, 6.07) is 7.80. The van der Waals surface area contributed by atoms with E-state index in [9.17, 15) is 13.2 Å². The van der Waals surface area contributed by atoms with Crippen LogP contribution < -0.4 is 0 Å². The van der Waals surface area contributed by atoms with Crippen LogP contribution in [0.25, 0.3) is 0 Å². The molecule has 0 saturated heterocycles. The van der Waals surface area contributed by atoms with Gasteiger partial charge < -0.3 is 4.42 Å². The van der Waals surface area contributed by atoms with Crippen LogP contribution in [0.3, 0.4) is 0 Å². The van der Waals surface area contributed by atoms with Crippen molar-refractivity contribution in [3.05, 3.63) is 53.5 Å². The van der Waals surface area contributed by atoms with E-state index in [0.29, 0.717) is 11.3 Å². The van der Waals surface area contributed by atoms with Crippen LogP contribution in [-0.2, 0) is 16.6 Å². The molecule has 0 bridgehead atoms. The summed E-state index contributed by atoms with van der Waals surface area (Å²) in [5, 5.41) is 0. The van der Waals surface area contributed by atoms with Crippen molar-refractivity contribution in [2.45, 2.75) is 25.3 Å². The van der Waals surface area contributed by atoms with Gasteiger partial charge in [0.25, 0.3) is 0 Å². The van der Waals surface area contributed by atoms with Gasteiger partial charge in [-0.3, -0.25) is 4.79 Å². The van der Waals surface area contributed by atoms with Gasteiger partial charge in [-0.15, -0.1) is 0 Å². The van der Waals surface area contributed by atoms with Gasteiger partial charge in [-0.1, -0.05) is 12.1 Å². The Kier molecular flexibility index (Phi) is 4.29. The molecule has 2 rings (SSSR count). The summed E-state index contributed by atoms with van der Waals surface area (Å²) in [7, 11) is -2.15. The third-order valence-electron chi connectivity index (χ3n) is 3.31. The molecule has 0 aliphatic heterocycles. The molecule has 0 amide bonds. The largest absolute Gasteiger partial charge is 0.469 e. The maximum absolute atomic E-state index is 12.5. The fraction of sp³-hybridized carbons (Fsp3) is 0.267. The topological polar surface area (TPSA) is 67.6 Å². The second-order valence-electron chi connectivity index (χ2n) is 4.85.